The van der Waals surface area contributed by atoms with Crippen LogP contribution in [0.3, 0.4) is 0 Å². The average Bonchev–Trinajstić information content (AvgIpc) is 2.98. The van der Waals surface area contributed by atoms with Gasteiger partial charge >= 0.3 is 0 Å². The molecule has 0 bridgehead atoms. The maximum Gasteiger partial charge on any atom is 0.00766 e. The zero-order chi connectivity index (χ0) is 12.5. The van der Waals surface area contributed by atoms with Gasteiger partial charge in [0.25, 0.3) is 0 Å². The van der Waals surface area contributed by atoms with Crippen molar-refractivity contribution in [3.05, 3.63) is 46.6 Å². The van der Waals surface area contributed by atoms with Gasteiger partial charge in [0.1, 0.15) is 0 Å². The molecule has 0 aliphatic heterocycles. The van der Waals surface area contributed by atoms with Crippen molar-refractivity contribution >= 4 is 0 Å². The number of rotatable bonds is 4. The molecule has 2 rings (SSSR count). The zero-order valence-electron chi connectivity index (χ0n) is 11.6. The molecular formula is C17H24. The Morgan fingerprint density at radius 3 is 2.35 bits per heavy atom. The summed E-state index contributed by atoms with van der Waals surface area (Å²) >= 11 is 0. The summed E-state index contributed by atoms with van der Waals surface area (Å²) in [7, 11) is 0. The molecule has 0 heterocycles. The van der Waals surface area contributed by atoms with Gasteiger partial charge in [-0.2, -0.15) is 0 Å². The van der Waals surface area contributed by atoms with Crippen LogP contribution in [0.25, 0.3) is 0 Å². The van der Waals surface area contributed by atoms with E-state index >= 15 is 0 Å². The van der Waals surface area contributed by atoms with Crippen LogP contribution in [0.2, 0.25) is 0 Å². The van der Waals surface area contributed by atoms with E-state index in [0.29, 0.717) is 0 Å². The van der Waals surface area contributed by atoms with Crippen molar-refractivity contribution in [2.75, 3.05) is 0 Å². The summed E-state index contributed by atoms with van der Waals surface area (Å²) in [5.74, 6) is 0. The van der Waals surface area contributed by atoms with Crippen molar-refractivity contribution < 1.29 is 0 Å². The van der Waals surface area contributed by atoms with E-state index in [0.717, 1.165) is 12.8 Å². The lowest BCUT2D eigenvalue weighted by atomic mass is 9.75. The third kappa shape index (κ3) is 2.31. The minimum Gasteiger partial charge on any atom is -0.0772 e. The van der Waals surface area contributed by atoms with Gasteiger partial charge in [-0.15, -0.1) is 0 Å². The van der Waals surface area contributed by atoms with E-state index in [4.69, 9.17) is 0 Å². The Morgan fingerprint density at radius 1 is 1.06 bits per heavy atom. The molecule has 0 saturated carbocycles. The van der Waals surface area contributed by atoms with Crippen molar-refractivity contribution in [2.45, 2.75) is 53.4 Å². The Balaban J connectivity index is 2.12. The first-order valence-electron chi connectivity index (χ1n) is 6.87. The van der Waals surface area contributed by atoms with Gasteiger partial charge in [-0.1, -0.05) is 74.3 Å². The molecule has 17 heavy (non-hydrogen) atoms. The lowest BCUT2D eigenvalue weighted by Crippen LogP contribution is -2.16. The number of allylic oxidation sites excluding steroid dienone is 8. The Bertz CT molecular complexity index is 425. The van der Waals surface area contributed by atoms with Crippen LogP contribution < -0.4 is 0 Å². The second-order valence-electron chi connectivity index (χ2n) is 5.68. The van der Waals surface area contributed by atoms with Crippen LogP contribution in [0.1, 0.15) is 53.4 Å². The molecule has 2 aliphatic carbocycles. The molecule has 0 aromatic heterocycles. The third-order valence-electron chi connectivity index (χ3n) is 4.35. The molecule has 0 atom stereocenters. The Hall–Kier alpha value is -1.04. The topological polar surface area (TPSA) is 0 Å². The molecule has 2 aliphatic rings. The summed E-state index contributed by atoms with van der Waals surface area (Å²) in [6, 6.07) is 0. The molecule has 0 aromatic carbocycles. The van der Waals surface area contributed by atoms with E-state index in [1.165, 1.54) is 18.4 Å². The molecular weight excluding hydrogens is 204 g/mol. The summed E-state index contributed by atoms with van der Waals surface area (Å²) in [6.07, 6.45) is 14.2. The normalized spacial score (nSPS) is 20.0. The standard InChI is InChI=1S/C17H24/c1-5-13-7-9-15(11-13)17(3,4)16-10-8-14(6-2)12-16/h7-9,12H,5-6,10-11H2,1-4H3. The average molecular weight is 228 g/mol. The lowest BCUT2D eigenvalue weighted by molar-refractivity contribution is 0.519. The molecule has 0 radical (unpaired) electrons. The van der Waals surface area contributed by atoms with Gasteiger partial charge in [0.05, 0.1) is 0 Å². The first-order chi connectivity index (χ1) is 8.07. The molecule has 0 fully saturated rings. The monoisotopic (exact) mass is 228 g/mol. The van der Waals surface area contributed by atoms with Crippen LogP contribution in [0, 0.1) is 5.41 Å². The molecule has 0 N–H and O–H groups in total. The molecule has 92 valence electrons. The smallest absolute Gasteiger partial charge is 0.00766 e. The van der Waals surface area contributed by atoms with Crippen LogP contribution >= 0.6 is 0 Å². The molecule has 0 heteroatoms. The molecule has 0 amide bonds. The summed E-state index contributed by atoms with van der Waals surface area (Å²) < 4.78 is 0. The third-order valence-corrected chi connectivity index (χ3v) is 4.35. The molecule has 0 spiro atoms. The fraction of sp³-hybridized carbons (Fsp3) is 0.529. The fourth-order valence-electron chi connectivity index (χ4n) is 2.72. The van der Waals surface area contributed by atoms with Gasteiger partial charge in [-0.05, 0) is 25.7 Å². The maximum atomic E-state index is 2.42. The van der Waals surface area contributed by atoms with Crippen LogP contribution in [0.15, 0.2) is 46.6 Å². The van der Waals surface area contributed by atoms with E-state index in [-0.39, 0.29) is 5.41 Å². The van der Waals surface area contributed by atoms with Crippen LogP contribution in [-0.2, 0) is 0 Å². The first-order valence-corrected chi connectivity index (χ1v) is 6.87. The highest BCUT2D eigenvalue weighted by Crippen LogP contribution is 2.44. The van der Waals surface area contributed by atoms with Gasteiger partial charge in [0.15, 0.2) is 0 Å². The van der Waals surface area contributed by atoms with E-state index in [1.54, 1.807) is 16.7 Å². The fourth-order valence-corrected chi connectivity index (χ4v) is 2.72. The van der Waals surface area contributed by atoms with Gasteiger partial charge in [-0.25, -0.2) is 0 Å². The van der Waals surface area contributed by atoms with Gasteiger partial charge < -0.3 is 0 Å². The number of hydrogen-bond acceptors (Lipinski definition) is 0. The molecule has 0 saturated heterocycles. The SMILES string of the molecule is CCC1=CCC(C(C)(C)C2=CC=C(CC)C2)=C1. The second-order valence-corrected chi connectivity index (χ2v) is 5.68. The van der Waals surface area contributed by atoms with Crippen LogP contribution in [-0.4, -0.2) is 0 Å². The van der Waals surface area contributed by atoms with Gasteiger partial charge in [0.2, 0.25) is 0 Å². The van der Waals surface area contributed by atoms with Gasteiger partial charge in [-0.3, -0.25) is 0 Å². The minimum absolute atomic E-state index is 0.237. The molecule has 0 nitrogen and oxygen atoms in total. The molecule has 0 unspecified atom stereocenters. The Morgan fingerprint density at radius 2 is 1.82 bits per heavy atom. The van der Waals surface area contributed by atoms with Crippen LogP contribution in [0.4, 0.5) is 0 Å². The largest absolute Gasteiger partial charge is 0.0772 e. The molecule has 0 aromatic rings. The van der Waals surface area contributed by atoms with E-state index in [2.05, 4.69) is 52.0 Å². The minimum atomic E-state index is 0.237. The quantitative estimate of drug-likeness (QED) is 0.609. The van der Waals surface area contributed by atoms with Crippen molar-refractivity contribution in [2.24, 2.45) is 5.41 Å². The Labute approximate surface area is 106 Å². The van der Waals surface area contributed by atoms with E-state index in [1.807, 2.05) is 0 Å². The van der Waals surface area contributed by atoms with E-state index in [9.17, 15) is 0 Å². The predicted molar refractivity (Wildman–Crippen MR) is 75.9 cm³/mol. The van der Waals surface area contributed by atoms with Crippen molar-refractivity contribution in [3.8, 4) is 0 Å². The highest BCUT2D eigenvalue weighted by atomic mass is 14.3. The van der Waals surface area contributed by atoms with Crippen LogP contribution in [0.5, 0.6) is 0 Å². The summed E-state index contributed by atoms with van der Waals surface area (Å²) in [5.41, 5.74) is 6.50. The number of hydrogen-bond donors (Lipinski definition) is 0. The second kappa shape index (κ2) is 4.68. The highest BCUT2D eigenvalue weighted by Gasteiger charge is 2.30. The lowest BCUT2D eigenvalue weighted by Gasteiger charge is -2.29. The zero-order valence-corrected chi connectivity index (χ0v) is 11.6. The first kappa shape index (κ1) is 12.4. The van der Waals surface area contributed by atoms with Crippen molar-refractivity contribution in [1.82, 2.24) is 0 Å². The predicted octanol–water partition coefficient (Wildman–Crippen LogP) is 5.35. The highest BCUT2D eigenvalue weighted by molar-refractivity contribution is 5.44. The summed E-state index contributed by atoms with van der Waals surface area (Å²) in [4.78, 5) is 0. The van der Waals surface area contributed by atoms with Crippen molar-refractivity contribution in [3.63, 3.8) is 0 Å². The van der Waals surface area contributed by atoms with E-state index < -0.39 is 0 Å². The van der Waals surface area contributed by atoms with Crippen molar-refractivity contribution in [1.29, 1.82) is 0 Å². The van der Waals surface area contributed by atoms with Gasteiger partial charge in [0, 0.05) is 5.41 Å². The maximum absolute atomic E-state index is 2.42. The summed E-state index contributed by atoms with van der Waals surface area (Å²) in [5, 5.41) is 0. The Kier molecular flexibility index (Phi) is 3.42. The summed E-state index contributed by atoms with van der Waals surface area (Å²) in [6.45, 7) is 9.25.